The van der Waals surface area contributed by atoms with E-state index in [0.717, 1.165) is 17.7 Å². The molecule has 0 saturated carbocycles. The number of carbonyl (C=O) groups excluding carboxylic acids is 1. The highest BCUT2D eigenvalue weighted by molar-refractivity contribution is 6.09. The van der Waals surface area contributed by atoms with Gasteiger partial charge in [-0.25, -0.2) is 4.98 Å². The monoisotopic (exact) mass is 451 g/mol. The van der Waals surface area contributed by atoms with Gasteiger partial charge in [0.15, 0.2) is 0 Å². The molecule has 0 bridgehead atoms. The number of anilines is 1. The minimum Gasteiger partial charge on any atom is -0.321 e. The number of hydrogen-bond donors (Lipinski definition) is 1. The van der Waals surface area contributed by atoms with Gasteiger partial charge >= 0.3 is 0 Å². The van der Waals surface area contributed by atoms with Crippen LogP contribution in [0.3, 0.4) is 0 Å². The van der Waals surface area contributed by atoms with Gasteiger partial charge in [0.1, 0.15) is 17.5 Å². The highest BCUT2D eigenvalue weighted by Gasteiger charge is 2.17. The van der Waals surface area contributed by atoms with Crippen LogP contribution in [0.5, 0.6) is 0 Å². The topological polar surface area (TPSA) is 92.7 Å². The molecule has 1 amide bonds. The molecule has 34 heavy (non-hydrogen) atoms. The number of rotatable bonds is 5. The van der Waals surface area contributed by atoms with E-state index in [0.29, 0.717) is 33.7 Å². The van der Waals surface area contributed by atoms with Gasteiger partial charge in [0.05, 0.1) is 10.9 Å². The van der Waals surface area contributed by atoms with Crippen molar-refractivity contribution < 1.29 is 4.79 Å². The molecule has 0 aliphatic heterocycles. The van der Waals surface area contributed by atoms with Gasteiger partial charge < -0.3 is 5.32 Å². The van der Waals surface area contributed by atoms with Crippen LogP contribution in [0.4, 0.5) is 5.69 Å². The minimum atomic E-state index is -0.489. The maximum absolute atomic E-state index is 13.3. The number of nitrogens with one attached hydrogen (secondary N) is 1. The Kier molecular flexibility index (Phi) is 6.15. The van der Waals surface area contributed by atoms with Crippen molar-refractivity contribution in [2.45, 2.75) is 34.1 Å². The van der Waals surface area contributed by atoms with Crippen molar-refractivity contribution in [2.24, 2.45) is 0 Å². The van der Waals surface area contributed by atoms with E-state index in [1.54, 1.807) is 23.7 Å². The normalized spacial score (nSPS) is 11.4. The number of aryl methyl sites for hydroxylation is 3. The van der Waals surface area contributed by atoms with Crippen LogP contribution in [0.25, 0.3) is 17.0 Å². The second-order valence-electron chi connectivity index (χ2n) is 8.11. The lowest BCUT2D eigenvalue weighted by Gasteiger charge is -2.16. The predicted molar refractivity (Wildman–Crippen MR) is 133 cm³/mol. The smallest absolute Gasteiger partial charge is 0.280 e. The lowest BCUT2D eigenvalue weighted by Crippen LogP contribution is -2.30. The zero-order valence-electron chi connectivity index (χ0n) is 19.6. The van der Waals surface area contributed by atoms with Crippen LogP contribution in [0.15, 0.2) is 65.0 Å². The molecule has 2 heterocycles. The number of aromatic nitrogens is 3. The van der Waals surface area contributed by atoms with E-state index >= 15 is 0 Å². The van der Waals surface area contributed by atoms with E-state index in [1.165, 1.54) is 4.68 Å². The van der Waals surface area contributed by atoms with Gasteiger partial charge in [0, 0.05) is 17.1 Å². The first-order valence-electron chi connectivity index (χ1n) is 11.0. The molecular formula is C27H25N5O2. The summed E-state index contributed by atoms with van der Waals surface area (Å²) in [5.74, 6) is 0.0482. The van der Waals surface area contributed by atoms with Crippen molar-refractivity contribution in [3.05, 3.63) is 98.9 Å². The molecule has 1 N–H and O–H groups in total. The van der Waals surface area contributed by atoms with Crippen molar-refractivity contribution in [3.8, 4) is 6.07 Å². The van der Waals surface area contributed by atoms with E-state index < -0.39 is 5.91 Å². The Balaban J connectivity index is 1.73. The number of hydrogen-bond acceptors (Lipinski definition) is 4. The van der Waals surface area contributed by atoms with Gasteiger partial charge in [-0.1, -0.05) is 31.2 Å². The summed E-state index contributed by atoms with van der Waals surface area (Å²) in [5.41, 5.74) is 4.37. The summed E-state index contributed by atoms with van der Waals surface area (Å²) in [6.45, 7) is 7.55. The third kappa shape index (κ3) is 4.14. The molecule has 0 saturated heterocycles. The standard InChI is InChI=1S/C27H25N5O2/c1-5-20-10-12-23(13-11-20)30-26(33)22(16-28)15-21-14-17(2)31(18(21)3)32-19(4)29-25-9-7-6-8-24(25)27(32)34/h6-15H,5H2,1-4H3,(H,30,33). The van der Waals surface area contributed by atoms with Crippen LogP contribution in [0, 0.1) is 32.1 Å². The number of para-hydroxylation sites is 1. The second kappa shape index (κ2) is 9.20. The molecule has 4 aromatic rings. The van der Waals surface area contributed by atoms with Crippen LogP contribution in [0.2, 0.25) is 0 Å². The van der Waals surface area contributed by atoms with Gasteiger partial charge in [-0.15, -0.1) is 0 Å². The second-order valence-corrected chi connectivity index (χ2v) is 8.11. The van der Waals surface area contributed by atoms with Crippen LogP contribution >= 0.6 is 0 Å². The number of amides is 1. The van der Waals surface area contributed by atoms with E-state index in [4.69, 9.17) is 0 Å². The quantitative estimate of drug-likeness (QED) is 0.356. The predicted octanol–water partition coefficient (Wildman–Crippen LogP) is 4.54. The van der Waals surface area contributed by atoms with Crippen molar-refractivity contribution in [1.29, 1.82) is 5.26 Å². The van der Waals surface area contributed by atoms with Crippen LogP contribution < -0.4 is 10.9 Å². The summed E-state index contributed by atoms with van der Waals surface area (Å²) in [6.07, 6.45) is 2.45. The molecule has 2 aromatic heterocycles. The fourth-order valence-corrected chi connectivity index (χ4v) is 4.03. The SMILES string of the molecule is CCc1ccc(NC(=O)C(C#N)=Cc2cc(C)n(-n3c(C)nc4ccccc4c3=O)c2C)cc1. The Morgan fingerprint density at radius 1 is 1.09 bits per heavy atom. The van der Waals surface area contributed by atoms with Gasteiger partial charge in [-0.3, -0.25) is 14.3 Å². The molecule has 4 rings (SSSR count). The van der Waals surface area contributed by atoms with E-state index in [9.17, 15) is 14.9 Å². The summed E-state index contributed by atoms with van der Waals surface area (Å²) in [4.78, 5) is 30.6. The zero-order chi connectivity index (χ0) is 24.4. The first-order chi connectivity index (χ1) is 16.3. The molecule has 0 radical (unpaired) electrons. The zero-order valence-corrected chi connectivity index (χ0v) is 19.6. The fourth-order valence-electron chi connectivity index (χ4n) is 4.03. The summed E-state index contributed by atoms with van der Waals surface area (Å²) >= 11 is 0. The molecule has 0 aliphatic rings. The van der Waals surface area contributed by atoms with Crippen molar-refractivity contribution in [2.75, 3.05) is 5.32 Å². The fraction of sp³-hybridized carbons (Fsp3) is 0.185. The minimum absolute atomic E-state index is 0.0273. The number of carbonyl (C=O) groups is 1. The van der Waals surface area contributed by atoms with Crippen molar-refractivity contribution in [1.82, 2.24) is 14.3 Å². The van der Waals surface area contributed by atoms with Crippen LogP contribution in [-0.4, -0.2) is 20.2 Å². The molecule has 0 unspecified atom stereocenters. The Hall–Kier alpha value is -4.44. The maximum atomic E-state index is 13.3. The van der Waals surface area contributed by atoms with E-state index in [2.05, 4.69) is 17.2 Å². The third-order valence-electron chi connectivity index (χ3n) is 5.83. The average Bonchev–Trinajstić information content (AvgIpc) is 3.10. The highest BCUT2D eigenvalue weighted by Crippen LogP contribution is 2.20. The molecule has 2 aromatic carbocycles. The highest BCUT2D eigenvalue weighted by atomic mass is 16.2. The van der Waals surface area contributed by atoms with Crippen LogP contribution in [0.1, 0.15) is 35.3 Å². The Morgan fingerprint density at radius 2 is 1.79 bits per heavy atom. The van der Waals surface area contributed by atoms with E-state index in [1.807, 2.05) is 68.4 Å². The number of benzene rings is 2. The molecule has 7 nitrogen and oxygen atoms in total. The largest absolute Gasteiger partial charge is 0.321 e. The molecule has 0 atom stereocenters. The molecule has 0 aliphatic carbocycles. The van der Waals surface area contributed by atoms with Crippen LogP contribution in [-0.2, 0) is 11.2 Å². The number of fused-ring (bicyclic) bond motifs is 1. The number of nitrogens with zero attached hydrogens (tertiary/aromatic N) is 4. The summed E-state index contributed by atoms with van der Waals surface area (Å²) in [5, 5.41) is 12.9. The molecule has 7 heteroatoms. The van der Waals surface area contributed by atoms with Gasteiger partial charge in [-0.2, -0.15) is 9.94 Å². The summed E-state index contributed by atoms with van der Waals surface area (Å²) in [6, 6.07) is 18.6. The maximum Gasteiger partial charge on any atom is 0.280 e. The van der Waals surface area contributed by atoms with E-state index in [-0.39, 0.29) is 11.1 Å². The van der Waals surface area contributed by atoms with Gasteiger partial charge in [0.2, 0.25) is 0 Å². The average molecular weight is 452 g/mol. The molecule has 0 fully saturated rings. The van der Waals surface area contributed by atoms with Gasteiger partial charge in [-0.05, 0) is 74.7 Å². The third-order valence-corrected chi connectivity index (χ3v) is 5.83. The molecule has 170 valence electrons. The lowest BCUT2D eigenvalue weighted by atomic mass is 10.1. The lowest BCUT2D eigenvalue weighted by molar-refractivity contribution is -0.112. The van der Waals surface area contributed by atoms with Gasteiger partial charge in [0.25, 0.3) is 11.5 Å². The van der Waals surface area contributed by atoms with Crippen molar-refractivity contribution in [3.63, 3.8) is 0 Å². The molecular weight excluding hydrogens is 426 g/mol. The number of nitriles is 1. The first-order valence-corrected chi connectivity index (χ1v) is 11.0. The van der Waals surface area contributed by atoms with Crippen molar-refractivity contribution >= 4 is 28.6 Å². The Bertz CT molecular complexity index is 1530. The Morgan fingerprint density at radius 3 is 2.47 bits per heavy atom. The summed E-state index contributed by atoms with van der Waals surface area (Å²) in [7, 11) is 0. The first kappa shape index (κ1) is 22.7. The Labute approximate surface area is 197 Å². The summed E-state index contributed by atoms with van der Waals surface area (Å²) < 4.78 is 3.28. The molecule has 0 spiro atoms.